The fraction of sp³-hybridized carbons (Fsp3) is 0.923. The SMILES string of the molecule is CCC1CCC(C)N1CC1COCCC1=O. The third-order valence-electron chi connectivity index (χ3n) is 4.12. The summed E-state index contributed by atoms with van der Waals surface area (Å²) in [7, 11) is 0. The third-order valence-corrected chi connectivity index (χ3v) is 4.12. The van der Waals surface area contributed by atoms with Crippen LogP contribution >= 0.6 is 0 Å². The molecular formula is C13H23NO2. The Hall–Kier alpha value is -0.410. The number of hydrogen-bond acceptors (Lipinski definition) is 3. The van der Waals surface area contributed by atoms with Gasteiger partial charge in [-0.25, -0.2) is 0 Å². The Balaban J connectivity index is 1.93. The van der Waals surface area contributed by atoms with Gasteiger partial charge in [-0.3, -0.25) is 9.69 Å². The number of likely N-dealkylation sites (tertiary alicyclic amines) is 1. The van der Waals surface area contributed by atoms with Gasteiger partial charge in [0, 0.05) is 25.0 Å². The molecule has 2 fully saturated rings. The highest BCUT2D eigenvalue weighted by atomic mass is 16.5. The minimum absolute atomic E-state index is 0.128. The van der Waals surface area contributed by atoms with Crippen LogP contribution in [0.2, 0.25) is 0 Å². The van der Waals surface area contributed by atoms with Gasteiger partial charge < -0.3 is 4.74 Å². The van der Waals surface area contributed by atoms with E-state index < -0.39 is 0 Å². The first kappa shape index (κ1) is 12.1. The van der Waals surface area contributed by atoms with Crippen molar-refractivity contribution in [2.45, 2.75) is 51.6 Å². The van der Waals surface area contributed by atoms with Crippen molar-refractivity contribution < 1.29 is 9.53 Å². The molecule has 0 N–H and O–H groups in total. The Kier molecular flexibility index (Phi) is 3.98. The molecule has 3 nitrogen and oxygen atoms in total. The van der Waals surface area contributed by atoms with Gasteiger partial charge in [-0.2, -0.15) is 0 Å². The largest absolute Gasteiger partial charge is 0.380 e. The topological polar surface area (TPSA) is 29.5 Å². The van der Waals surface area contributed by atoms with Crippen molar-refractivity contribution in [3.8, 4) is 0 Å². The van der Waals surface area contributed by atoms with E-state index in [0.717, 1.165) is 6.54 Å². The number of rotatable bonds is 3. The van der Waals surface area contributed by atoms with Gasteiger partial charge in [0.2, 0.25) is 0 Å². The van der Waals surface area contributed by atoms with Crippen molar-refractivity contribution in [2.75, 3.05) is 19.8 Å². The van der Waals surface area contributed by atoms with Crippen LogP contribution in [0.1, 0.15) is 39.5 Å². The zero-order chi connectivity index (χ0) is 11.5. The zero-order valence-electron chi connectivity index (χ0n) is 10.4. The highest BCUT2D eigenvalue weighted by Gasteiger charge is 2.33. The first-order valence-electron chi connectivity index (χ1n) is 6.58. The molecule has 0 bridgehead atoms. The van der Waals surface area contributed by atoms with Crippen molar-refractivity contribution in [3.63, 3.8) is 0 Å². The van der Waals surface area contributed by atoms with Gasteiger partial charge in [-0.1, -0.05) is 6.92 Å². The maximum atomic E-state index is 11.8. The number of carbonyl (C=O) groups excluding carboxylic acids is 1. The monoisotopic (exact) mass is 225 g/mol. The second kappa shape index (κ2) is 5.28. The Morgan fingerprint density at radius 3 is 2.94 bits per heavy atom. The van der Waals surface area contributed by atoms with Crippen molar-refractivity contribution >= 4 is 5.78 Å². The quantitative estimate of drug-likeness (QED) is 0.734. The number of Topliss-reactive ketones (excluding diaryl/α,β-unsaturated/α-hetero) is 1. The predicted octanol–water partition coefficient (Wildman–Crippen LogP) is 1.85. The molecule has 92 valence electrons. The fourth-order valence-electron chi connectivity index (χ4n) is 3.00. The molecule has 0 amide bonds. The molecule has 0 aromatic carbocycles. The molecule has 0 aromatic rings. The highest BCUT2D eigenvalue weighted by molar-refractivity contribution is 5.82. The molecule has 2 rings (SSSR count). The van der Waals surface area contributed by atoms with Crippen LogP contribution in [-0.4, -0.2) is 42.5 Å². The van der Waals surface area contributed by atoms with E-state index in [-0.39, 0.29) is 5.92 Å². The van der Waals surface area contributed by atoms with Crippen LogP contribution in [0.15, 0.2) is 0 Å². The lowest BCUT2D eigenvalue weighted by Gasteiger charge is -2.32. The Morgan fingerprint density at radius 1 is 1.44 bits per heavy atom. The van der Waals surface area contributed by atoms with E-state index in [1.54, 1.807) is 0 Å². The molecule has 0 radical (unpaired) electrons. The van der Waals surface area contributed by atoms with Gasteiger partial charge in [-0.05, 0) is 26.2 Å². The zero-order valence-corrected chi connectivity index (χ0v) is 10.4. The van der Waals surface area contributed by atoms with Crippen LogP contribution in [0.25, 0.3) is 0 Å². The Labute approximate surface area is 98.1 Å². The normalized spacial score (nSPS) is 36.9. The molecule has 0 aromatic heterocycles. The molecule has 3 unspecified atom stereocenters. The van der Waals surface area contributed by atoms with Crippen molar-refractivity contribution in [3.05, 3.63) is 0 Å². The van der Waals surface area contributed by atoms with Crippen LogP contribution in [0, 0.1) is 5.92 Å². The smallest absolute Gasteiger partial charge is 0.141 e. The fourth-order valence-corrected chi connectivity index (χ4v) is 3.00. The second-order valence-corrected chi connectivity index (χ2v) is 5.17. The minimum Gasteiger partial charge on any atom is -0.380 e. The molecule has 0 saturated carbocycles. The Morgan fingerprint density at radius 2 is 2.25 bits per heavy atom. The summed E-state index contributed by atoms with van der Waals surface area (Å²) in [6, 6.07) is 1.32. The molecule has 16 heavy (non-hydrogen) atoms. The van der Waals surface area contributed by atoms with Crippen molar-refractivity contribution in [1.82, 2.24) is 4.90 Å². The van der Waals surface area contributed by atoms with Crippen LogP contribution in [-0.2, 0) is 9.53 Å². The second-order valence-electron chi connectivity index (χ2n) is 5.17. The standard InChI is InChI=1S/C13H23NO2/c1-3-12-5-4-10(2)14(12)8-11-9-16-7-6-13(11)15/h10-12H,3-9H2,1-2H3. The van der Waals surface area contributed by atoms with Crippen LogP contribution in [0.5, 0.6) is 0 Å². The first-order valence-corrected chi connectivity index (χ1v) is 6.58. The van der Waals surface area contributed by atoms with Crippen molar-refractivity contribution in [2.24, 2.45) is 5.92 Å². The van der Waals surface area contributed by atoms with Crippen LogP contribution in [0.3, 0.4) is 0 Å². The molecule has 2 aliphatic heterocycles. The number of carbonyl (C=O) groups is 1. The average molecular weight is 225 g/mol. The van der Waals surface area contributed by atoms with Crippen LogP contribution in [0.4, 0.5) is 0 Å². The molecule has 0 spiro atoms. The molecule has 0 aliphatic carbocycles. The summed E-state index contributed by atoms with van der Waals surface area (Å²) >= 11 is 0. The van der Waals surface area contributed by atoms with E-state index in [9.17, 15) is 4.79 Å². The summed E-state index contributed by atoms with van der Waals surface area (Å²) in [5.74, 6) is 0.531. The first-order chi connectivity index (χ1) is 7.72. The van der Waals surface area contributed by atoms with E-state index in [2.05, 4.69) is 18.7 Å². The van der Waals surface area contributed by atoms with E-state index in [0.29, 0.717) is 37.5 Å². The summed E-state index contributed by atoms with van der Waals surface area (Å²) in [5.41, 5.74) is 0. The molecule has 3 heteroatoms. The van der Waals surface area contributed by atoms with E-state index in [4.69, 9.17) is 4.74 Å². The van der Waals surface area contributed by atoms with E-state index >= 15 is 0 Å². The summed E-state index contributed by atoms with van der Waals surface area (Å²) in [4.78, 5) is 14.3. The molecule has 2 aliphatic rings. The highest BCUT2D eigenvalue weighted by Crippen LogP contribution is 2.27. The number of nitrogens with zero attached hydrogens (tertiary/aromatic N) is 1. The van der Waals surface area contributed by atoms with Gasteiger partial charge in [0.1, 0.15) is 5.78 Å². The summed E-state index contributed by atoms with van der Waals surface area (Å²) in [5, 5.41) is 0. The summed E-state index contributed by atoms with van der Waals surface area (Å²) < 4.78 is 5.42. The van der Waals surface area contributed by atoms with Gasteiger partial charge in [0.05, 0.1) is 19.1 Å². The summed E-state index contributed by atoms with van der Waals surface area (Å²) in [6.07, 6.45) is 4.38. The maximum Gasteiger partial charge on any atom is 0.141 e. The van der Waals surface area contributed by atoms with Gasteiger partial charge in [0.15, 0.2) is 0 Å². The molecular weight excluding hydrogens is 202 g/mol. The number of hydrogen-bond donors (Lipinski definition) is 0. The van der Waals surface area contributed by atoms with Crippen molar-refractivity contribution in [1.29, 1.82) is 0 Å². The molecule has 2 saturated heterocycles. The number of ketones is 1. The van der Waals surface area contributed by atoms with E-state index in [1.165, 1.54) is 19.3 Å². The maximum absolute atomic E-state index is 11.8. The van der Waals surface area contributed by atoms with Gasteiger partial charge >= 0.3 is 0 Å². The molecule has 3 atom stereocenters. The number of ether oxygens (including phenoxy) is 1. The van der Waals surface area contributed by atoms with E-state index in [1.807, 2.05) is 0 Å². The lowest BCUT2D eigenvalue weighted by molar-refractivity contribution is -0.131. The average Bonchev–Trinajstić information content (AvgIpc) is 2.63. The predicted molar refractivity (Wildman–Crippen MR) is 63.4 cm³/mol. The molecule has 2 heterocycles. The third kappa shape index (κ3) is 2.46. The van der Waals surface area contributed by atoms with Crippen LogP contribution < -0.4 is 0 Å². The summed E-state index contributed by atoms with van der Waals surface area (Å²) in [6.45, 7) is 6.71. The minimum atomic E-state index is 0.128. The Bertz CT molecular complexity index is 254. The van der Waals surface area contributed by atoms with Gasteiger partial charge in [0.25, 0.3) is 0 Å². The lowest BCUT2D eigenvalue weighted by atomic mass is 9.99. The van der Waals surface area contributed by atoms with Gasteiger partial charge in [-0.15, -0.1) is 0 Å². The lowest BCUT2D eigenvalue weighted by Crippen LogP contribution is -2.43.